The Hall–Kier alpha value is -1.29. The maximum Gasteiger partial charge on any atom is 0.230 e. The van der Waals surface area contributed by atoms with Gasteiger partial charge in [-0.3, -0.25) is 0 Å². The number of hydrogen-bond acceptors (Lipinski definition) is 9. The molecule has 0 atom stereocenters. The average Bonchev–Trinajstić information content (AvgIpc) is 2.73. The van der Waals surface area contributed by atoms with E-state index in [2.05, 4.69) is 39.8 Å². The first kappa shape index (κ1) is 21.4. The van der Waals surface area contributed by atoms with Crippen molar-refractivity contribution in [2.75, 3.05) is 75.6 Å². The lowest BCUT2D eigenvalue weighted by Gasteiger charge is -2.33. The Kier molecular flexibility index (Phi) is 8.44. The molecule has 1 aromatic rings. The van der Waals surface area contributed by atoms with Crippen LogP contribution in [-0.2, 0) is 11.2 Å². The molecule has 2 saturated heterocycles. The zero-order valence-electron chi connectivity index (χ0n) is 16.9. The quantitative estimate of drug-likeness (QED) is 0.634. The lowest BCUT2D eigenvalue weighted by atomic mass is 10.1. The maximum atomic E-state index is 5.75. The van der Waals surface area contributed by atoms with Crippen molar-refractivity contribution in [2.45, 2.75) is 31.7 Å². The summed E-state index contributed by atoms with van der Waals surface area (Å²) in [5.74, 6) is 3.24. The first-order chi connectivity index (χ1) is 13.7. The molecule has 3 N–H and O–H groups in total. The molecule has 1 aromatic heterocycles. The summed E-state index contributed by atoms with van der Waals surface area (Å²) in [6.07, 6.45) is 4.09. The van der Waals surface area contributed by atoms with E-state index in [4.69, 9.17) is 20.2 Å². The minimum atomic E-state index is 0.411. The number of rotatable bonds is 4. The number of nitrogens with one attached hydrogen (secondary N) is 1. The Balaban J connectivity index is 0.000000271. The summed E-state index contributed by atoms with van der Waals surface area (Å²) in [7, 11) is 2.15. The van der Waals surface area contributed by atoms with Crippen LogP contribution in [0.3, 0.4) is 0 Å². The van der Waals surface area contributed by atoms with E-state index in [1.54, 1.807) is 0 Å². The normalized spacial score (nSPS) is 20.6. The molecule has 0 aliphatic carbocycles. The third-order valence-corrected chi connectivity index (χ3v) is 5.45. The van der Waals surface area contributed by atoms with Crippen LogP contribution in [0.25, 0.3) is 0 Å². The van der Waals surface area contributed by atoms with Gasteiger partial charge in [0.15, 0.2) is 0 Å². The Morgan fingerprint density at radius 3 is 2.54 bits per heavy atom. The van der Waals surface area contributed by atoms with Gasteiger partial charge in [-0.15, -0.1) is 0 Å². The highest BCUT2D eigenvalue weighted by Gasteiger charge is 2.23. The molecule has 0 aromatic carbocycles. The number of anilines is 2. The summed E-state index contributed by atoms with van der Waals surface area (Å²) in [5, 5.41) is 3.37. The van der Waals surface area contributed by atoms with Gasteiger partial charge in [0.1, 0.15) is 5.82 Å². The van der Waals surface area contributed by atoms with Gasteiger partial charge in [0.2, 0.25) is 11.8 Å². The summed E-state index contributed by atoms with van der Waals surface area (Å²) >= 11 is 4.26. The zero-order chi connectivity index (χ0) is 19.8. The fraction of sp³-hybridized carbons (Fsp3) is 0.789. The Morgan fingerprint density at radius 2 is 1.89 bits per heavy atom. The van der Waals surface area contributed by atoms with E-state index in [0.717, 1.165) is 107 Å². The average molecular weight is 411 g/mol. The maximum absolute atomic E-state index is 5.75. The van der Waals surface area contributed by atoms with E-state index < -0.39 is 0 Å². The number of likely N-dealkylation sites (N-methyl/N-ethyl adjacent to an activating group) is 1. The second-order valence-corrected chi connectivity index (χ2v) is 7.95. The molecule has 4 heterocycles. The van der Waals surface area contributed by atoms with Crippen molar-refractivity contribution < 1.29 is 9.47 Å². The molecule has 4 rings (SSSR count). The summed E-state index contributed by atoms with van der Waals surface area (Å²) in [6, 6.07) is 0.411. The van der Waals surface area contributed by atoms with Crippen molar-refractivity contribution in [2.24, 2.45) is 5.73 Å². The van der Waals surface area contributed by atoms with E-state index in [0.29, 0.717) is 6.04 Å². The van der Waals surface area contributed by atoms with E-state index in [1.165, 1.54) is 0 Å². The molecule has 0 radical (unpaired) electrons. The molecule has 0 amide bonds. The second-order valence-electron chi connectivity index (χ2n) is 7.50. The first-order valence-electron chi connectivity index (χ1n) is 10.3. The molecule has 9 heteroatoms. The van der Waals surface area contributed by atoms with Gasteiger partial charge < -0.3 is 30.3 Å². The van der Waals surface area contributed by atoms with Crippen molar-refractivity contribution in [3.05, 3.63) is 5.56 Å². The van der Waals surface area contributed by atoms with Crippen LogP contribution in [0.1, 0.15) is 24.8 Å². The van der Waals surface area contributed by atoms with Crippen molar-refractivity contribution in [1.82, 2.24) is 14.9 Å². The fourth-order valence-corrected chi connectivity index (χ4v) is 3.51. The van der Waals surface area contributed by atoms with Crippen molar-refractivity contribution in [3.8, 4) is 5.88 Å². The van der Waals surface area contributed by atoms with Gasteiger partial charge in [0.25, 0.3) is 0 Å². The van der Waals surface area contributed by atoms with Crippen LogP contribution < -0.4 is 20.7 Å². The van der Waals surface area contributed by atoms with E-state index in [1.807, 2.05) is 0 Å². The molecule has 28 heavy (non-hydrogen) atoms. The number of thiol groups is 1. The Labute approximate surface area is 173 Å². The Morgan fingerprint density at radius 1 is 1.14 bits per heavy atom. The summed E-state index contributed by atoms with van der Waals surface area (Å²) in [5.41, 5.74) is 6.67. The third kappa shape index (κ3) is 6.10. The van der Waals surface area contributed by atoms with Crippen LogP contribution in [0.15, 0.2) is 0 Å². The predicted molar refractivity (Wildman–Crippen MR) is 116 cm³/mol. The number of fused-ring (bicyclic) bond motifs is 1. The number of ether oxygens (including phenoxy) is 2. The van der Waals surface area contributed by atoms with E-state index in [-0.39, 0.29) is 0 Å². The SMILES string of the molecule is CN1CCN(c2nc(NCCS)c3c(n2)OCCC3)CC1.NC1CCOCC1. The smallest absolute Gasteiger partial charge is 0.230 e. The van der Waals surface area contributed by atoms with Crippen molar-refractivity contribution in [3.63, 3.8) is 0 Å². The molecule has 8 nitrogen and oxygen atoms in total. The predicted octanol–water partition coefficient (Wildman–Crippen LogP) is 1.02. The monoisotopic (exact) mass is 410 g/mol. The van der Waals surface area contributed by atoms with Gasteiger partial charge in [-0.1, -0.05) is 0 Å². The van der Waals surface area contributed by atoms with Crippen LogP contribution in [-0.4, -0.2) is 86.3 Å². The highest BCUT2D eigenvalue weighted by Crippen LogP contribution is 2.30. The van der Waals surface area contributed by atoms with Gasteiger partial charge in [-0.2, -0.15) is 22.6 Å². The van der Waals surface area contributed by atoms with E-state index >= 15 is 0 Å². The molecule has 158 valence electrons. The summed E-state index contributed by atoms with van der Waals surface area (Å²) in [4.78, 5) is 14.0. The van der Waals surface area contributed by atoms with Crippen molar-refractivity contribution >= 4 is 24.4 Å². The molecule has 3 aliphatic rings. The van der Waals surface area contributed by atoms with Crippen LogP contribution >= 0.6 is 12.6 Å². The van der Waals surface area contributed by atoms with Crippen LogP contribution in [0.5, 0.6) is 5.88 Å². The molecule has 0 bridgehead atoms. The molecule has 0 spiro atoms. The summed E-state index contributed by atoms with van der Waals surface area (Å²) < 4.78 is 10.8. The van der Waals surface area contributed by atoms with Crippen molar-refractivity contribution in [1.29, 1.82) is 0 Å². The fourth-order valence-electron chi connectivity index (χ4n) is 3.40. The third-order valence-electron chi connectivity index (χ3n) is 5.22. The summed E-state index contributed by atoms with van der Waals surface area (Å²) in [6.45, 7) is 7.28. The number of nitrogens with zero attached hydrogens (tertiary/aromatic N) is 4. The lowest BCUT2D eigenvalue weighted by molar-refractivity contribution is 0.0866. The molecule has 3 aliphatic heterocycles. The van der Waals surface area contributed by atoms with Gasteiger partial charge in [-0.05, 0) is 32.7 Å². The van der Waals surface area contributed by atoms with Crippen LogP contribution in [0.2, 0.25) is 0 Å². The number of hydrogen-bond donors (Lipinski definition) is 3. The van der Waals surface area contributed by atoms with Gasteiger partial charge in [-0.25, -0.2) is 0 Å². The minimum absolute atomic E-state index is 0.411. The second kappa shape index (κ2) is 11.0. The number of aromatic nitrogens is 2. The van der Waals surface area contributed by atoms with Gasteiger partial charge in [0, 0.05) is 57.7 Å². The minimum Gasteiger partial charge on any atom is -0.477 e. The highest BCUT2D eigenvalue weighted by molar-refractivity contribution is 7.80. The van der Waals surface area contributed by atoms with E-state index in [9.17, 15) is 0 Å². The highest BCUT2D eigenvalue weighted by atomic mass is 32.1. The van der Waals surface area contributed by atoms with Crippen LogP contribution in [0.4, 0.5) is 11.8 Å². The topological polar surface area (TPSA) is 88.8 Å². The van der Waals surface area contributed by atoms with Gasteiger partial charge >= 0.3 is 0 Å². The molecule has 0 unspecified atom stereocenters. The Bertz CT molecular complexity index is 606. The number of piperazine rings is 1. The molecular formula is C19H34N6O2S. The van der Waals surface area contributed by atoms with Crippen LogP contribution in [0, 0.1) is 0 Å². The molecule has 0 saturated carbocycles. The zero-order valence-corrected chi connectivity index (χ0v) is 17.8. The largest absolute Gasteiger partial charge is 0.477 e. The molecule has 2 fully saturated rings. The number of nitrogens with two attached hydrogens (primary N) is 1. The first-order valence-corrected chi connectivity index (χ1v) is 11.0. The standard InChI is InChI=1S/C14H23N5OS.C5H11NO/c1-18-5-7-19(8-6-18)14-16-12(15-4-10-21)11-3-2-9-20-13(11)17-14;6-5-1-3-7-4-2-5/h21H,2-10H2,1H3,(H,15,16,17);5H,1-4,6H2. The molecular weight excluding hydrogens is 376 g/mol. The lowest BCUT2D eigenvalue weighted by Crippen LogP contribution is -2.45. The van der Waals surface area contributed by atoms with Gasteiger partial charge in [0.05, 0.1) is 12.2 Å².